The number of nitrogens with one attached hydrogen (secondary N) is 1. The summed E-state index contributed by atoms with van der Waals surface area (Å²) < 4.78 is 58.2. The molecule has 0 saturated carbocycles. The van der Waals surface area contributed by atoms with Crippen LogP contribution in [0.1, 0.15) is 24.6 Å². The number of hydrogen-bond acceptors (Lipinski definition) is 7. The molecule has 1 aromatic rings. The maximum Gasteiger partial charge on any atom is 1.00 e. The standard InChI is InChI=1S/C10H12F3N2O7P.2Na/c11-10(12,13)6-3-15(9(17)14-8(6)16)7-2-1-5(22-7)4-21-23(18,19)20;;/h3,5,7H,1-2,4H2,(H,14,16,17)(H2,18,19,20);;/q;2*+1/p-2/t5-,7+;;/m0../s1. The second-order valence-corrected chi connectivity index (χ2v) is 5.89. The monoisotopic (exact) mass is 404 g/mol. The molecule has 1 aliphatic heterocycles. The van der Waals surface area contributed by atoms with E-state index >= 15 is 0 Å². The molecule has 0 aliphatic carbocycles. The van der Waals surface area contributed by atoms with Crippen molar-refractivity contribution in [2.24, 2.45) is 0 Å². The third-order valence-electron chi connectivity index (χ3n) is 3.09. The molecule has 2 heterocycles. The van der Waals surface area contributed by atoms with Gasteiger partial charge in [0.05, 0.1) is 20.5 Å². The molecule has 1 aromatic heterocycles. The van der Waals surface area contributed by atoms with Gasteiger partial charge in [-0.2, -0.15) is 13.2 Å². The molecule has 1 saturated heterocycles. The molecule has 130 valence electrons. The van der Waals surface area contributed by atoms with Crippen molar-refractivity contribution < 1.29 is 95.9 Å². The number of nitrogens with zero attached hydrogens (tertiary/aromatic N) is 1. The maximum atomic E-state index is 12.7. The molecule has 0 aromatic carbocycles. The quantitative estimate of drug-likeness (QED) is 0.389. The number of aromatic amines is 1. The van der Waals surface area contributed by atoms with Crippen molar-refractivity contribution in [3.63, 3.8) is 0 Å². The molecule has 1 N–H and O–H groups in total. The van der Waals surface area contributed by atoms with Crippen LogP contribution in [0.25, 0.3) is 0 Å². The molecule has 15 heteroatoms. The van der Waals surface area contributed by atoms with E-state index in [2.05, 4.69) is 4.52 Å². The van der Waals surface area contributed by atoms with Gasteiger partial charge in [-0.3, -0.25) is 14.3 Å². The predicted octanol–water partition coefficient (Wildman–Crippen LogP) is -6.91. The zero-order valence-corrected chi connectivity index (χ0v) is 18.1. The Labute approximate surface area is 182 Å². The number of phosphoric ester groups is 1. The summed E-state index contributed by atoms with van der Waals surface area (Å²) in [6.07, 6.45) is -6.43. The largest absolute Gasteiger partial charge is 1.00 e. The fraction of sp³-hybridized carbons (Fsp3) is 0.600. The summed E-state index contributed by atoms with van der Waals surface area (Å²) in [5.74, 6) is 0. The van der Waals surface area contributed by atoms with Gasteiger partial charge >= 0.3 is 71.0 Å². The minimum absolute atomic E-state index is 0. The maximum absolute atomic E-state index is 12.7. The molecule has 0 radical (unpaired) electrons. The Kier molecular flexibility index (Phi) is 9.86. The molecular formula is C10H10F3N2Na2O7P. The van der Waals surface area contributed by atoms with E-state index < -0.39 is 49.8 Å². The van der Waals surface area contributed by atoms with E-state index in [0.29, 0.717) is 10.8 Å². The summed E-state index contributed by atoms with van der Waals surface area (Å²) in [5, 5.41) is 0. The third-order valence-corrected chi connectivity index (χ3v) is 3.55. The summed E-state index contributed by atoms with van der Waals surface area (Å²) in [7, 11) is -5.20. The smallest absolute Gasteiger partial charge is 0.790 e. The number of hydrogen-bond donors (Lipinski definition) is 1. The molecule has 2 rings (SSSR count). The van der Waals surface area contributed by atoms with Gasteiger partial charge in [0.2, 0.25) is 0 Å². The molecule has 1 fully saturated rings. The number of H-pyrrole nitrogens is 1. The summed E-state index contributed by atoms with van der Waals surface area (Å²) in [6, 6.07) is 0. The van der Waals surface area contributed by atoms with Crippen LogP contribution in [0.5, 0.6) is 0 Å². The van der Waals surface area contributed by atoms with E-state index in [1.165, 1.54) is 4.98 Å². The van der Waals surface area contributed by atoms with Crippen LogP contribution in [0.15, 0.2) is 15.8 Å². The summed E-state index contributed by atoms with van der Waals surface area (Å²) in [4.78, 5) is 45.1. The van der Waals surface area contributed by atoms with Crippen molar-refractivity contribution in [1.29, 1.82) is 0 Å². The molecule has 25 heavy (non-hydrogen) atoms. The Morgan fingerprint density at radius 2 is 1.92 bits per heavy atom. The van der Waals surface area contributed by atoms with Crippen molar-refractivity contribution in [3.05, 3.63) is 32.6 Å². The third kappa shape index (κ3) is 7.23. The molecule has 0 amide bonds. The second kappa shape index (κ2) is 9.65. The summed E-state index contributed by atoms with van der Waals surface area (Å²) in [6.45, 7) is -0.606. The van der Waals surface area contributed by atoms with Gasteiger partial charge in [-0.25, -0.2) is 4.79 Å². The number of aromatic nitrogens is 2. The SMILES string of the molecule is O=c1[nH]c(=O)n([C@H]2CC[C@@H](COP(=O)([O-])[O-])O2)cc1C(F)(F)F.[Na+].[Na+]. The van der Waals surface area contributed by atoms with Gasteiger partial charge in [-0.05, 0) is 12.8 Å². The van der Waals surface area contributed by atoms with Crippen molar-refractivity contribution in [2.45, 2.75) is 31.3 Å². The van der Waals surface area contributed by atoms with Crippen LogP contribution < -0.4 is 80.2 Å². The van der Waals surface area contributed by atoms with Gasteiger partial charge < -0.3 is 23.6 Å². The number of alkyl halides is 3. The van der Waals surface area contributed by atoms with Crippen molar-refractivity contribution in [3.8, 4) is 0 Å². The van der Waals surface area contributed by atoms with Crippen molar-refractivity contribution >= 4 is 7.82 Å². The van der Waals surface area contributed by atoms with Crippen LogP contribution >= 0.6 is 7.82 Å². The Hall–Kier alpha value is 0.540. The average Bonchev–Trinajstić information content (AvgIpc) is 2.82. The zero-order valence-electron chi connectivity index (χ0n) is 13.2. The minimum atomic E-state index is -5.20. The molecule has 1 aliphatic rings. The van der Waals surface area contributed by atoms with E-state index in [1.54, 1.807) is 0 Å². The van der Waals surface area contributed by atoms with Crippen LogP contribution in [0.2, 0.25) is 0 Å². The van der Waals surface area contributed by atoms with Gasteiger partial charge in [0.15, 0.2) is 0 Å². The predicted molar refractivity (Wildman–Crippen MR) is 63.0 cm³/mol. The van der Waals surface area contributed by atoms with Gasteiger partial charge in [-0.1, -0.05) is 0 Å². The number of halogens is 3. The van der Waals surface area contributed by atoms with Gasteiger partial charge in [-0.15, -0.1) is 0 Å². The molecule has 9 nitrogen and oxygen atoms in total. The Morgan fingerprint density at radius 1 is 1.32 bits per heavy atom. The first-order valence-electron chi connectivity index (χ1n) is 6.22. The van der Waals surface area contributed by atoms with E-state index in [0.717, 1.165) is 0 Å². The van der Waals surface area contributed by atoms with Gasteiger partial charge in [0, 0.05) is 6.20 Å². The van der Waals surface area contributed by atoms with Gasteiger partial charge in [0.25, 0.3) is 5.56 Å². The molecule has 2 atom stereocenters. The van der Waals surface area contributed by atoms with Crippen LogP contribution in [0.3, 0.4) is 0 Å². The topological polar surface area (TPSA) is 137 Å². The molecule has 0 bridgehead atoms. The van der Waals surface area contributed by atoms with Gasteiger partial charge in [0.1, 0.15) is 11.8 Å². The van der Waals surface area contributed by atoms with E-state index in [4.69, 9.17) is 4.74 Å². The Morgan fingerprint density at radius 3 is 2.44 bits per heavy atom. The van der Waals surface area contributed by atoms with Crippen molar-refractivity contribution in [2.75, 3.05) is 6.61 Å². The normalized spacial score (nSPS) is 20.7. The first kappa shape index (κ1) is 25.5. The first-order valence-corrected chi connectivity index (χ1v) is 7.68. The van der Waals surface area contributed by atoms with E-state index in [9.17, 15) is 37.1 Å². The van der Waals surface area contributed by atoms with Crippen LogP contribution in [-0.2, 0) is 20.0 Å². The summed E-state index contributed by atoms with van der Waals surface area (Å²) >= 11 is 0. The minimum Gasteiger partial charge on any atom is -0.790 e. The number of rotatable bonds is 4. The molecule has 0 unspecified atom stereocenters. The van der Waals surface area contributed by atoms with E-state index in [-0.39, 0.29) is 72.0 Å². The van der Waals surface area contributed by atoms with Crippen molar-refractivity contribution in [1.82, 2.24) is 9.55 Å². The van der Waals surface area contributed by atoms with Crippen LogP contribution in [0.4, 0.5) is 13.2 Å². The first-order chi connectivity index (χ1) is 10.5. The fourth-order valence-electron chi connectivity index (χ4n) is 2.09. The Bertz CT molecular complexity index is 747. The number of ether oxygens (including phenoxy) is 1. The molecule has 0 spiro atoms. The van der Waals surface area contributed by atoms with E-state index in [1.807, 2.05) is 0 Å². The summed E-state index contributed by atoms with van der Waals surface area (Å²) in [5.41, 5.74) is -4.24. The molecular weight excluding hydrogens is 394 g/mol. The van der Waals surface area contributed by atoms with Crippen LogP contribution in [0, 0.1) is 0 Å². The second-order valence-electron chi connectivity index (χ2n) is 4.74. The fourth-order valence-corrected chi connectivity index (χ4v) is 2.44. The van der Waals surface area contributed by atoms with Crippen LogP contribution in [-0.4, -0.2) is 22.3 Å². The number of phosphoric acid groups is 1. The zero-order chi connectivity index (χ0) is 17.4. The Balaban J connectivity index is 0.00000288. The average molecular weight is 404 g/mol.